The molecule has 4 heteroatoms. The predicted molar refractivity (Wildman–Crippen MR) is 77.8 cm³/mol. The number of benzene rings is 1. The van der Waals surface area contributed by atoms with E-state index < -0.39 is 0 Å². The highest BCUT2D eigenvalue weighted by Gasteiger charge is 2.20. The van der Waals surface area contributed by atoms with E-state index in [9.17, 15) is 0 Å². The maximum absolute atomic E-state index is 6.21. The van der Waals surface area contributed by atoms with E-state index in [2.05, 4.69) is 11.2 Å². The van der Waals surface area contributed by atoms with Crippen molar-refractivity contribution in [2.75, 3.05) is 0 Å². The third-order valence-corrected chi connectivity index (χ3v) is 4.29. The highest BCUT2D eigenvalue weighted by molar-refractivity contribution is 6.31. The third kappa shape index (κ3) is 2.28. The van der Waals surface area contributed by atoms with E-state index in [1.807, 2.05) is 29.9 Å². The molecule has 1 heterocycles. The lowest BCUT2D eigenvalue weighted by Gasteiger charge is -2.10. The monoisotopic (exact) mass is 275 g/mol. The normalized spacial score (nSPS) is 19.0. The van der Waals surface area contributed by atoms with E-state index in [1.165, 1.54) is 24.1 Å². The minimum Gasteiger partial charge on any atom is -0.324 e. The van der Waals surface area contributed by atoms with Crippen LogP contribution in [0.1, 0.15) is 42.1 Å². The van der Waals surface area contributed by atoms with E-state index in [1.54, 1.807) is 0 Å². The minimum atomic E-state index is 0.118. The summed E-state index contributed by atoms with van der Waals surface area (Å²) in [5, 5.41) is 5.29. The Balaban J connectivity index is 2.08. The zero-order valence-electron chi connectivity index (χ0n) is 11.1. The Morgan fingerprint density at radius 2 is 2.21 bits per heavy atom. The smallest absolute Gasteiger partial charge is 0.0663 e. The molecule has 1 aliphatic carbocycles. The maximum Gasteiger partial charge on any atom is 0.0663 e. The SMILES string of the molecule is Cc1ccc(-n2ncc3c2CCCCC3N)cc1Cl. The molecule has 2 aromatic rings. The zero-order chi connectivity index (χ0) is 13.4. The van der Waals surface area contributed by atoms with Gasteiger partial charge in [-0.05, 0) is 43.9 Å². The van der Waals surface area contributed by atoms with Gasteiger partial charge >= 0.3 is 0 Å². The Labute approximate surface area is 118 Å². The molecule has 19 heavy (non-hydrogen) atoms. The number of nitrogens with two attached hydrogens (primary N) is 1. The van der Waals surface area contributed by atoms with Gasteiger partial charge in [-0.25, -0.2) is 4.68 Å². The van der Waals surface area contributed by atoms with Crippen molar-refractivity contribution in [1.29, 1.82) is 0 Å². The summed E-state index contributed by atoms with van der Waals surface area (Å²) in [4.78, 5) is 0. The van der Waals surface area contributed by atoms with Crippen LogP contribution in [0.25, 0.3) is 5.69 Å². The van der Waals surface area contributed by atoms with Crippen molar-refractivity contribution in [1.82, 2.24) is 9.78 Å². The molecule has 3 rings (SSSR count). The molecule has 1 aromatic carbocycles. The molecule has 0 saturated heterocycles. The number of hydrogen-bond donors (Lipinski definition) is 1. The van der Waals surface area contributed by atoms with E-state index in [0.29, 0.717) is 0 Å². The zero-order valence-corrected chi connectivity index (χ0v) is 11.8. The molecule has 0 bridgehead atoms. The van der Waals surface area contributed by atoms with Gasteiger partial charge in [0.25, 0.3) is 0 Å². The van der Waals surface area contributed by atoms with Gasteiger partial charge in [0.2, 0.25) is 0 Å². The summed E-state index contributed by atoms with van der Waals surface area (Å²) < 4.78 is 1.99. The van der Waals surface area contributed by atoms with Crippen LogP contribution in [0.3, 0.4) is 0 Å². The average Bonchev–Trinajstić information content (AvgIpc) is 2.73. The number of fused-ring (bicyclic) bond motifs is 1. The molecule has 0 amide bonds. The molecule has 0 saturated carbocycles. The topological polar surface area (TPSA) is 43.8 Å². The van der Waals surface area contributed by atoms with Crippen LogP contribution in [-0.2, 0) is 6.42 Å². The summed E-state index contributed by atoms with van der Waals surface area (Å²) >= 11 is 6.21. The molecular weight excluding hydrogens is 258 g/mol. The van der Waals surface area contributed by atoms with Gasteiger partial charge in [0.15, 0.2) is 0 Å². The molecule has 0 spiro atoms. The van der Waals surface area contributed by atoms with E-state index in [0.717, 1.165) is 29.1 Å². The Bertz CT molecular complexity index is 603. The Hall–Kier alpha value is -1.32. The van der Waals surface area contributed by atoms with Gasteiger partial charge in [-0.3, -0.25) is 0 Å². The summed E-state index contributed by atoms with van der Waals surface area (Å²) in [6.07, 6.45) is 6.36. The number of halogens is 1. The summed E-state index contributed by atoms with van der Waals surface area (Å²) in [6, 6.07) is 6.18. The summed E-state index contributed by atoms with van der Waals surface area (Å²) in [7, 11) is 0. The van der Waals surface area contributed by atoms with Crippen molar-refractivity contribution in [2.24, 2.45) is 5.73 Å². The van der Waals surface area contributed by atoms with Crippen LogP contribution in [0.5, 0.6) is 0 Å². The Kier molecular flexibility index (Phi) is 3.33. The standard InChI is InChI=1S/C15H18ClN3/c1-10-6-7-11(8-13(10)16)19-15-5-3-2-4-14(17)12(15)9-18-19/h6-9,14H,2-5,17H2,1H3. The van der Waals surface area contributed by atoms with Crippen molar-refractivity contribution in [3.8, 4) is 5.69 Å². The molecule has 3 nitrogen and oxygen atoms in total. The van der Waals surface area contributed by atoms with E-state index in [-0.39, 0.29) is 6.04 Å². The lowest BCUT2D eigenvalue weighted by Crippen LogP contribution is -2.10. The summed E-state index contributed by atoms with van der Waals surface area (Å²) in [5.41, 5.74) is 10.7. The van der Waals surface area contributed by atoms with Crippen LogP contribution in [0.4, 0.5) is 0 Å². The minimum absolute atomic E-state index is 0.118. The van der Waals surface area contributed by atoms with Crippen molar-refractivity contribution < 1.29 is 0 Å². The molecule has 0 radical (unpaired) electrons. The molecule has 1 aliphatic rings. The van der Waals surface area contributed by atoms with Crippen LogP contribution in [0.15, 0.2) is 24.4 Å². The fraction of sp³-hybridized carbons (Fsp3) is 0.400. The van der Waals surface area contributed by atoms with E-state index >= 15 is 0 Å². The van der Waals surface area contributed by atoms with Crippen molar-refractivity contribution >= 4 is 11.6 Å². The van der Waals surface area contributed by atoms with Crippen LogP contribution in [0, 0.1) is 6.92 Å². The molecule has 2 N–H and O–H groups in total. The fourth-order valence-corrected chi connectivity index (χ4v) is 2.87. The quantitative estimate of drug-likeness (QED) is 0.809. The third-order valence-electron chi connectivity index (χ3n) is 3.88. The molecule has 100 valence electrons. The second-order valence-electron chi connectivity index (χ2n) is 5.24. The van der Waals surface area contributed by atoms with Gasteiger partial charge < -0.3 is 5.73 Å². The molecule has 0 fully saturated rings. The van der Waals surface area contributed by atoms with Crippen molar-refractivity contribution in [3.05, 3.63) is 46.2 Å². The fourth-order valence-electron chi connectivity index (χ4n) is 2.69. The highest BCUT2D eigenvalue weighted by Crippen LogP contribution is 2.29. The summed E-state index contributed by atoms with van der Waals surface area (Å²) in [6.45, 7) is 2.01. The number of rotatable bonds is 1. The molecule has 1 unspecified atom stereocenters. The predicted octanol–water partition coefficient (Wildman–Crippen LogP) is 3.56. The second kappa shape index (κ2) is 4.99. The van der Waals surface area contributed by atoms with Gasteiger partial charge in [-0.1, -0.05) is 24.1 Å². The number of hydrogen-bond acceptors (Lipinski definition) is 2. The first-order valence-corrected chi connectivity index (χ1v) is 7.13. The molecule has 0 aliphatic heterocycles. The second-order valence-corrected chi connectivity index (χ2v) is 5.65. The number of nitrogens with zero attached hydrogens (tertiary/aromatic N) is 2. The maximum atomic E-state index is 6.21. The lowest BCUT2D eigenvalue weighted by atomic mass is 10.1. The van der Waals surface area contributed by atoms with Crippen molar-refractivity contribution in [3.63, 3.8) is 0 Å². The van der Waals surface area contributed by atoms with Crippen LogP contribution in [0.2, 0.25) is 5.02 Å². The molecule has 1 aromatic heterocycles. The first-order valence-electron chi connectivity index (χ1n) is 6.75. The number of aryl methyl sites for hydroxylation is 1. The average molecular weight is 276 g/mol. The Morgan fingerprint density at radius 3 is 3.00 bits per heavy atom. The first-order chi connectivity index (χ1) is 9.16. The van der Waals surface area contributed by atoms with Crippen molar-refractivity contribution in [2.45, 2.75) is 38.6 Å². The van der Waals surface area contributed by atoms with Gasteiger partial charge in [0.05, 0.1) is 11.9 Å². The highest BCUT2D eigenvalue weighted by atomic mass is 35.5. The van der Waals surface area contributed by atoms with Gasteiger partial charge in [-0.2, -0.15) is 5.10 Å². The largest absolute Gasteiger partial charge is 0.324 e. The van der Waals surface area contributed by atoms with Crippen LogP contribution >= 0.6 is 11.6 Å². The van der Waals surface area contributed by atoms with Crippen LogP contribution < -0.4 is 5.73 Å². The molecular formula is C15H18ClN3. The lowest BCUT2D eigenvalue weighted by molar-refractivity contribution is 0.611. The first kappa shape index (κ1) is 12.7. The van der Waals surface area contributed by atoms with E-state index in [4.69, 9.17) is 17.3 Å². The molecule has 1 atom stereocenters. The number of aromatic nitrogens is 2. The van der Waals surface area contributed by atoms with Gasteiger partial charge in [0, 0.05) is 22.3 Å². The summed E-state index contributed by atoms with van der Waals surface area (Å²) in [5.74, 6) is 0. The van der Waals surface area contributed by atoms with Crippen LogP contribution in [-0.4, -0.2) is 9.78 Å². The van der Waals surface area contributed by atoms with Gasteiger partial charge in [0.1, 0.15) is 0 Å². The Morgan fingerprint density at radius 1 is 1.37 bits per heavy atom. The van der Waals surface area contributed by atoms with Gasteiger partial charge in [-0.15, -0.1) is 0 Å².